The molecule has 1 spiro atoms. The molecule has 32 heavy (non-hydrogen) atoms. The molecule has 1 unspecified atom stereocenters. The molecule has 0 aromatic heterocycles. The summed E-state index contributed by atoms with van der Waals surface area (Å²) in [7, 11) is 0. The first-order valence-electron chi connectivity index (χ1n) is 10.4. The quantitative estimate of drug-likeness (QED) is 0.612. The normalized spacial score (nSPS) is 28.3. The van der Waals surface area contributed by atoms with Crippen LogP contribution in [0.15, 0.2) is 36.4 Å². The Labute approximate surface area is 188 Å². The highest BCUT2D eigenvalue weighted by Gasteiger charge is 2.62. The summed E-state index contributed by atoms with van der Waals surface area (Å²) in [5, 5.41) is 13.3. The molecular weight excluding hydrogens is 443 g/mol. The number of hydrogen-bond acceptors (Lipinski definition) is 3. The minimum atomic E-state index is -4.78. The predicted octanol–water partition coefficient (Wildman–Crippen LogP) is 5.01. The number of benzene rings is 2. The number of nitrogens with one attached hydrogen (secondary N) is 1. The molecule has 4 nitrogen and oxygen atoms in total. The number of halogens is 4. The molecule has 2 aromatic rings. The van der Waals surface area contributed by atoms with Gasteiger partial charge in [0.1, 0.15) is 5.92 Å². The Morgan fingerprint density at radius 3 is 2.16 bits per heavy atom. The second-order valence-electron chi connectivity index (χ2n) is 8.87. The van der Waals surface area contributed by atoms with Crippen LogP contribution in [-0.2, 0) is 9.59 Å². The molecule has 1 saturated carbocycles. The highest BCUT2D eigenvalue weighted by molar-refractivity contribution is 6.30. The Morgan fingerprint density at radius 1 is 1.00 bits per heavy atom. The van der Waals surface area contributed by atoms with Crippen LogP contribution in [0.3, 0.4) is 0 Å². The Morgan fingerprint density at radius 2 is 1.59 bits per heavy atom. The standard InChI is InChI=1S/C24H23ClF3NO3/c1-13-3-8-17(15-4-6-16(25)7-5-15)14(2)18(13)19-20(30)22(29-21(19)31)9-11-23(32,12-10-22)24(26,27)28/h3-8,19,32H,9-12H2,1-2H3,(H,29,31). The third-order valence-corrected chi connectivity index (χ3v) is 7.25. The molecule has 1 atom stereocenters. The van der Waals surface area contributed by atoms with Crippen LogP contribution >= 0.6 is 11.6 Å². The molecule has 170 valence electrons. The minimum Gasteiger partial charge on any atom is -0.380 e. The lowest BCUT2D eigenvalue weighted by atomic mass is 9.70. The summed E-state index contributed by atoms with van der Waals surface area (Å²) in [5.41, 5.74) is -0.390. The van der Waals surface area contributed by atoms with Gasteiger partial charge in [-0.05, 0) is 79.5 Å². The van der Waals surface area contributed by atoms with Crippen LogP contribution in [0.1, 0.15) is 48.3 Å². The van der Waals surface area contributed by atoms with Gasteiger partial charge in [0.25, 0.3) is 0 Å². The third-order valence-electron chi connectivity index (χ3n) is 6.99. The summed E-state index contributed by atoms with van der Waals surface area (Å²) in [4.78, 5) is 26.5. The average Bonchev–Trinajstić information content (AvgIpc) is 2.95. The number of carbonyl (C=O) groups is 2. The van der Waals surface area contributed by atoms with E-state index in [-0.39, 0.29) is 12.8 Å². The molecule has 2 fully saturated rings. The van der Waals surface area contributed by atoms with Gasteiger partial charge < -0.3 is 10.4 Å². The van der Waals surface area contributed by atoms with Crippen molar-refractivity contribution in [1.29, 1.82) is 0 Å². The number of rotatable bonds is 2. The molecule has 0 radical (unpaired) electrons. The molecule has 2 aliphatic rings. The molecule has 1 aliphatic heterocycles. The van der Waals surface area contributed by atoms with Crippen molar-refractivity contribution in [3.05, 3.63) is 58.1 Å². The molecule has 4 rings (SSSR count). The molecule has 1 heterocycles. The fourth-order valence-corrected chi connectivity index (χ4v) is 5.15. The topological polar surface area (TPSA) is 66.4 Å². The van der Waals surface area contributed by atoms with Crippen molar-refractivity contribution >= 4 is 23.3 Å². The number of carbonyl (C=O) groups excluding carboxylic acids is 2. The second-order valence-corrected chi connectivity index (χ2v) is 9.31. The SMILES string of the molecule is Cc1ccc(-c2ccc(Cl)cc2)c(C)c1C1C(=O)NC2(CCC(O)(C(F)(F)F)CC2)C1=O. The van der Waals surface area contributed by atoms with Gasteiger partial charge in [0.05, 0.1) is 5.54 Å². The first-order valence-corrected chi connectivity index (χ1v) is 10.8. The van der Waals surface area contributed by atoms with E-state index in [0.717, 1.165) is 22.3 Å². The number of alkyl halides is 3. The van der Waals surface area contributed by atoms with Gasteiger partial charge in [0.15, 0.2) is 11.4 Å². The summed E-state index contributed by atoms with van der Waals surface area (Å²) in [5.74, 6) is -2.03. The zero-order valence-corrected chi connectivity index (χ0v) is 18.4. The van der Waals surface area contributed by atoms with Crippen molar-refractivity contribution in [2.24, 2.45) is 0 Å². The largest absolute Gasteiger partial charge is 0.417 e. The van der Waals surface area contributed by atoms with Crippen LogP contribution < -0.4 is 5.32 Å². The molecule has 8 heteroatoms. The Hall–Kier alpha value is -2.38. The lowest BCUT2D eigenvalue weighted by Gasteiger charge is -2.41. The van der Waals surface area contributed by atoms with Crippen LogP contribution in [0.5, 0.6) is 0 Å². The van der Waals surface area contributed by atoms with E-state index in [1.165, 1.54) is 0 Å². The molecule has 2 N–H and O–H groups in total. The van der Waals surface area contributed by atoms with E-state index in [0.29, 0.717) is 10.6 Å². The van der Waals surface area contributed by atoms with E-state index in [1.807, 2.05) is 38.1 Å². The number of aliphatic hydroxyl groups is 1. The van der Waals surface area contributed by atoms with Crippen molar-refractivity contribution in [1.82, 2.24) is 5.32 Å². The van der Waals surface area contributed by atoms with Gasteiger partial charge in [-0.2, -0.15) is 13.2 Å². The lowest BCUT2D eigenvalue weighted by Crippen LogP contribution is -2.57. The van der Waals surface area contributed by atoms with Gasteiger partial charge in [-0.3, -0.25) is 9.59 Å². The molecule has 0 bridgehead atoms. The number of aryl methyl sites for hydroxylation is 1. The second kappa shape index (κ2) is 7.59. The van der Waals surface area contributed by atoms with Gasteiger partial charge in [0, 0.05) is 5.02 Å². The third kappa shape index (κ3) is 3.52. The number of hydrogen-bond donors (Lipinski definition) is 2. The van der Waals surface area contributed by atoms with Gasteiger partial charge in [-0.15, -0.1) is 0 Å². The van der Waals surface area contributed by atoms with E-state index >= 15 is 0 Å². The van der Waals surface area contributed by atoms with Crippen LogP contribution in [0.4, 0.5) is 13.2 Å². The number of amides is 1. The van der Waals surface area contributed by atoms with Gasteiger partial charge in [-0.25, -0.2) is 0 Å². The monoisotopic (exact) mass is 465 g/mol. The van der Waals surface area contributed by atoms with Crippen molar-refractivity contribution in [2.45, 2.75) is 62.8 Å². The van der Waals surface area contributed by atoms with Gasteiger partial charge in [0.2, 0.25) is 5.91 Å². The highest BCUT2D eigenvalue weighted by Crippen LogP contribution is 2.48. The van der Waals surface area contributed by atoms with Crippen molar-refractivity contribution in [3.8, 4) is 11.1 Å². The molecule has 1 aliphatic carbocycles. The maximum atomic E-state index is 13.5. The lowest BCUT2D eigenvalue weighted by molar-refractivity contribution is -0.272. The zero-order chi connectivity index (χ0) is 23.5. The summed E-state index contributed by atoms with van der Waals surface area (Å²) in [6.07, 6.45) is -6.53. The van der Waals surface area contributed by atoms with Gasteiger partial charge in [-0.1, -0.05) is 35.9 Å². The maximum Gasteiger partial charge on any atom is 0.417 e. The Kier molecular flexibility index (Phi) is 5.41. The fraction of sp³-hybridized carbons (Fsp3) is 0.417. The van der Waals surface area contributed by atoms with Crippen molar-refractivity contribution in [3.63, 3.8) is 0 Å². The van der Waals surface area contributed by atoms with E-state index in [9.17, 15) is 27.9 Å². The molecule has 1 saturated heterocycles. The average molecular weight is 466 g/mol. The smallest absolute Gasteiger partial charge is 0.380 e. The van der Waals surface area contributed by atoms with Crippen LogP contribution in [0.25, 0.3) is 11.1 Å². The summed E-state index contributed by atoms with van der Waals surface area (Å²) >= 11 is 5.98. The summed E-state index contributed by atoms with van der Waals surface area (Å²) < 4.78 is 39.7. The van der Waals surface area contributed by atoms with Gasteiger partial charge >= 0.3 is 6.18 Å². The van der Waals surface area contributed by atoms with Crippen LogP contribution in [-0.4, -0.2) is 34.1 Å². The number of Topliss-reactive ketones (excluding diaryl/α,β-unsaturated/α-hetero) is 1. The maximum absolute atomic E-state index is 13.5. The highest BCUT2D eigenvalue weighted by atomic mass is 35.5. The first-order chi connectivity index (χ1) is 14.9. The van der Waals surface area contributed by atoms with E-state index < -0.39 is 47.8 Å². The Bertz CT molecular complexity index is 1090. The minimum absolute atomic E-state index is 0.251. The number of ketones is 1. The molecule has 1 amide bonds. The zero-order valence-electron chi connectivity index (χ0n) is 17.6. The molecular formula is C24H23ClF3NO3. The van der Waals surface area contributed by atoms with Crippen LogP contribution in [0.2, 0.25) is 5.02 Å². The van der Waals surface area contributed by atoms with E-state index in [1.54, 1.807) is 12.1 Å². The van der Waals surface area contributed by atoms with E-state index in [4.69, 9.17) is 11.6 Å². The van der Waals surface area contributed by atoms with Crippen molar-refractivity contribution in [2.75, 3.05) is 0 Å². The summed E-state index contributed by atoms with van der Waals surface area (Å²) in [6, 6.07) is 10.9. The first kappa shape index (κ1) is 22.8. The fourth-order valence-electron chi connectivity index (χ4n) is 5.02. The van der Waals surface area contributed by atoms with Crippen LogP contribution in [0, 0.1) is 13.8 Å². The van der Waals surface area contributed by atoms with E-state index in [2.05, 4.69) is 5.32 Å². The Balaban J connectivity index is 1.70. The van der Waals surface area contributed by atoms with Crippen molar-refractivity contribution < 1.29 is 27.9 Å². The molecule has 2 aromatic carbocycles. The summed E-state index contributed by atoms with van der Waals surface area (Å²) in [6.45, 7) is 3.64. The predicted molar refractivity (Wildman–Crippen MR) is 114 cm³/mol.